The fraction of sp³-hybridized carbons (Fsp3) is 0.143. The summed E-state index contributed by atoms with van der Waals surface area (Å²) < 4.78 is 0. The van der Waals surface area contributed by atoms with Gasteiger partial charge in [-0.05, 0) is 18.2 Å². The maximum atomic E-state index is 5.53. The Balaban J connectivity index is 0.000001000. The Morgan fingerprint density at radius 2 is 1.82 bits per heavy atom. The second-order valence-electron chi connectivity index (χ2n) is 2.09. The Labute approximate surface area is 72.2 Å². The summed E-state index contributed by atoms with van der Waals surface area (Å²) in [5.74, 6) is 0. The molecule has 1 rings (SSSR count). The number of hydrogen-bond acceptors (Lipinski definition) is 3. The lowest BCUT2D eigenvalue weighted by atomic mass is 10.2. The van der Waals surface area contributed by atoms with Crippen molar-refractivity contribution in [3.8, 4) is 0 Å². The molecule has 3 nitrogen and oxygen atoms in total. The molecular weight excluding hydrogens is 162 g/mol. The molecule has 0 saturated heterocycles. The van der Waals surface area contributed by atoms with Gasteiger partial charge in [0.25, 0.3) is 0 Å². The van der Waals surface area contributed by atoms with Crippen LogP contribution in [0.4, 0.5) is 17.1 Å². The van der Waals surface area contributed by atoms with E-state index in [1.54, 1.807) is 12.1 Å². The van der Waals surface area contributed by atoms with Crippen molar-refractivity contribution >= 4 is 29.5 Å². The molecular formula is C7H12ClN3. The minimum absolute atomic E-state index is 0. The number of anilines is 3. The molecule has 0 radical (unpaired) electrons. The Morgan fingerprint density at radius 1 is 1.18 bits per heavy atom. The molecule has 0 aromatic heterocycles. The molecule has 0 bridgehead atoms. The summed E-state index contributed by atoms with van der Waals surface area (Å²) in [7, 11) is 1.84. The maximum absolute atomic E-state index is 5.53. The van der Waals surface area contributed by atoms with Crippen LogP contribution in [0.15, 0.2) is 18.2 Å². The van der Waals surface area contributed by atoms with Crippen LogP contribution in [0.2, 0.25) is 0 Å². The van der Waals surface area contributed by atoms with Crippen LogP contribution in [-0.2, 0) is 0 Å². The number of rotatable bonds is 1. The maximum Gasteiger partial charge on any atom is 0.0568 e. The molecule has 5 N–H and O–H groups in total. The van der Waals surface area contributed by atoms with E-state index in [-0.39, 0.29) is 12.4 Å². The Kier molecular flexibility index (Phi) is 3.54. The van der Waals surface area contributed by atoms with Gasteiger partial charge < -0.3 is 16.8 Å². The van der Waals surface area contributed by atoms with Crippen molar-refractivity contribution in [1.82, 2.24) is 0 Å². The van der Waals surface area contributed by atoms with Gasteiger partial charge in [0.05, 0.1) is 11.4 Å². The molecule has 0 spiro atoms. The predicted molar refractivity (Wildman–Crippen MR) is 52.1 cm³/mol. The highest BCUT2D eigenvalue weighted by Crippen LogP contribution is 2.18. The van der Waals surface area contributed by atoms with Crippen LogP contribution in [0.3, 0.4) is 0 Å². The number of hydrogen-bond donors (Lipinski definition) is 3. The van der Waals surface area contributed by atoms with E-state index in [4.69, 9.17) is 11.5 Å². The van der Waals surface area contributed by atoms with Crippen molar-refractivity contribution in [1.29, 1.82) is 0 Å². The molecule has 0 atom stereocenters. The van der Waals surface area contributed by atoms with E-state index in [1.165, 1.54) is 0 Å². The highest BCUT2D eigenvalue weighted by Gasteiger charge is 1.93. The van der Waals surface area contributed by atoms with Crippen LogP contribution < -0.4 is 16.8 Å². The van der Waals surface area contributed by atoms with E-state index in [1.807, 2.05) is 13.1 Å². The molecule has 1 aromatic rings. The van der Waals surface area contributed by atoms with Crippen molar-refractivity contribution in [2.75, 3.05) is 23.8 Å². The number of nitrogens with two attached hydrogens (primary N) is 2. The lowest BCUT2D eigenvalue weighted by molar-refractivity contribution is 1.51. The third-order valence-corrected chi connectivity index (χ3v) is 1.38. The monoisotopic (exact) mass is 173 g/mol. The summed E-state index contributed by atoms with van der Waals surface area (Å²) in [6.45, 7) is 0. The molecule has 0 aliphatic carbocycles. The highest BCUT2D eigenvalue weighted by atomic mass is 35.5. The predicted octanol–water partition coefficient (Wildman–Crippen LogP) is 1.31. The first kappa shape index (κ1) is 9.91. The Morgan fingerprint density at radius 3 is 2.27 bits per heavy atom. The molecule has 0 heterocycles. The van der Waals surface area contributed by atoms with Crippen LogP contribution in [0, 0.1) is 0 Å². The average molecular weight is 174 g/mol. The first-order chi connectivity index (χ1) is 4.74. The van der Waals surface area contributed by atoms with Crippen molar-refractivity contribution in [3.63, 3.8) is 0 Å². The van der Waals surface area contributed by atoms with E-state index in [0.717, 1.165) is 5.69 Å². The number of benzene rings is 1. The Hall–Kier alpha value is -1.09. The zero-order chi connectivity index (χ0) is 7.56. The highest BCUT2D eigenvalue weighted by molar-refractivity contribution is 5.85. The van der Waals surface area contributed by atoms with Gasteiger partial charge in [-0.15, -0.1) is 12.4 Å². The zero-order valence-electron chi connectivity index (χ0n) is 6.29. The van der Waals surface area contributed by atoms with Gasteiger partial charge in [0, 0.05) is 12.7 Å². The topological polar surface area (TPSA) is 64.1 Å². The lowest BCUT2D eigenvalue weighted by Crippen LogP contribution is -1.96. The van der Waals surface area contributed by atoms with Crippen LogP contribution in [-0.4, -0.2) is 7.05 Å². The van der Waals surface area contributed by atoms with Crippen molar-refractivity contribution < 1.29 is 0 Å². The largest absolute Gasteiger partial charge is 0.397 e. The third-order valence-electron chi connectivity index (χ3n) is 1.38. The van der Waals surface area contributed by atoms with E-state index in [0.29, 0.717) is 11.4 Å². The van der Waals surface area contributed by atoms with Gasteiger partial charge in [0.2, 0.25) is 0 Å². The minimum atomic E-state index is 0. The SMILES string of the molecule is CNc1ccc(N)c(N)c1.Cl. The summed E-state index contributed by atoms with van der Waals surface area (Å²) >= 11 is 0. The fourth-order valence-corrected chi connectivity index (χ4v) is 0.730. The normalized spacial score (nSPS) is 8.45. The summed E-state index contributed by atoms with van der Waals surface area (Å²) in [5, 5.41) is 2.96. The molecule has 0 fully saturated rings. The third kappa shape index (κ3) is 2.20. The van der Waals surface area contributed by atoms with Gasteiger partial charge in [-0.2, -0.15) is 0 Å². The van der Waals surface area contributed by atoms with Crippen LogP contribution in [0.25, 0.3) is 0 Å². The summed E-state index contributed by atoms with van der Waals surface area (Å²) in [6, 6.07) is 5.46. The zero-order valence-corrected chi connectivity index (χ0v) is 7.11. The molecule has 62 valence electrons. The smallest absolute Gasteiger partial charge is 0.0568 e. The first-order valence-corrected chi connectivity index (χ1v) is 3.07. The second kappa shape index (κ2) is 3.93. The van der Waals surface area contributed by atoms with Gasteiger partial charge >= 0.3 is 0 Å². The van der Waals surface area contributed by atoms with Crippen LogP contribution >= 0.6 is 12.4 Å². The van der Waals surface area contributed by atoms with E-state index >= 15 is 0 Å². The van der Waals surface area contributed by atoms with Gasteiger partial charge in [-0.25, -0.2) is 0 Å². The van der Waals surface area contributed by atoms with E-state index < -0.39 is 0 Å². The summed E-state index contributed by atoms with van der Waals surface area (Å²) in [4.78, 5) is 0. The minimum Gasteiger partial charge on any atom is -0.397 e. The molecule has 0 aliphatic rings. The van der Waals surface area contributed by atoms with Gasteiger partial charge in [0.1, 0.15) is 0 Å². The van der Waals surface area contributed by atoms with E-state index in [2.05, 4.69) is 5.32 Å². The van der Waals surface area contributed by atoms with Gasteiger partial charge in [-0.3, -0.25) is 0 Å². The Bertz CT molecular complexity index is 237. The van der Waals surface area contributed by atoms with Crippen LogP contribution in [0.1, 0.15) is 0 Å². The average Bonchev–Trinajstić information content (AvgIpc) is 1.95. The van der Waals surface area contributed by atoms with Crippen molar-refractivity contribution in [2.45, 2.75) is 0 Å². The molecule has 0 saturated carbocycles. The van der Waals surface area contributed by atoms with Crippen molar-refractivity contribution in [2.24, 2.45) is 0 Å². The number of nitrogens with one attached hydrogen (secondary N) is 1. The molecule has 0 aliphatic heterocycles. The molecule has 11 heavy (non-hydrogen) atoms. The lowest BCUT2D eigenvalue weighted by Gasteiger charge is -2.02. The molecule has 0 unspecified atom stereocenters. The first-order valence-electron chi connectivity index (χ1n) is 3.07. The summed E-state index contributed by atoms with van der Waals surface area (Å²) in [5.41, 5.74) is 13.2. The molecule has 0 amide bonds. The van der Waals surface area contributed by atoms with Crippen molar-refractivity contribution in [3.05, 3.63) is 18.2 Å². The molecule has 1 aromatic carbocycles. The second-order valence-corrected chi connectivity index (χ2v) is 2.09. The number of halogens is 1. The van der Waals surface area contributed by atoms with Gasteiger partial charge in [0.15, 0.2) is 0 Å². The summed E-state index contributed by atoms with van der Waals surface area (Å²) in [6.07, 6.45) is 0. The fourth-order valence-electron chi connectivity index (χ4n) is 0.730. The van der Waals surface area contributed by atoms with Crippen LogP contribution in [0.5, 0.6) is 0 Å². The van der Waals surface area contributed by atoms with E-state index in [9.17, 15) is 0 Å². The quantitative estimate of drug-likeness (QED) is 0.562. The van der Waals surface area contributed by atoms with Gasteiger partial charge in [-0.1, -0.05) is 0 Å². The standard InChI is InChI=1S/C7H11N3.ClH/c1-10-5-2-3-6(8)7(9)4-5;/h2-4,10H,8-9H2,1H3;1H. The number of nitrogen functional groups attached to an aromatic ring is 2. The molecule has 4 heteroatoms.